The molecule has 27 heavy (non-hydrogen) atoms. The number of ether oxygens (including phenoxy) is 1. The third-order valence-electron chi connectivity index (χ3n) is 5.55. The second-order valence-corrected chi connectivity index (χ2v) is 7.99. The van der Waals surface area contributed by atoms with E-state index in [1.165, 1.54) is 6.42 Å². The number of nitrogens with one attached hydrogen (secondary N) is 2. The van der Waals surface area contributed by atoms with Crippen molar-refractivity contribution in [2.45, 2.75) is 56.9 Å². The van der Waals surface area contributed by atoms with Gasteiger partial charge in [-0.15, -0.1) is 0 Å². The van der Waals surface area contributed by atoms with Crippen molar-refractivity contribution in [1.82, 2.24) is 10.6 Å². The SMILES string of the molecule is C[C@@H]1CCCC[C@@H]1NC(=O)NC(=O)COC(=O)C1(c2ccc(Cl)cc2)CC1. The molecule has 2 fully saturated rings. The molecule has 2 atom stereocenters. The number of hydrogen-bond acceptors (Lipinski definition) is 4. The number of urea groups is 1. The number of imide groups is 1. The summed E-state index contributed by atoms with van der Waals surface area (Å²) in [5, 5.41) is 5.67. The first-order chi connectivity index (χ1) is 12.9. The fraction of sp³-hybridized carbons (Fsp3) is 0.550. The lowest BCUT2D eigenvalue weighted by Gasteiger charge is -2.29. The summed E-state index contributed by atoms with van der Waals surface area (Å²) in [5.74, 6) is -0.677. The van der Waals surface area contributed by atoms with E-state index in [-0.39, 0.29) is 6.04 Å². The quantitative estimate of drug-likeness (QED) is 0.753. The van der Waals surface area contributed by atoms with Crippen molar-refractivity contribution >= 4 is 29.5 Å². The van der Waals surface area contributed by atoms with Gasteiger partial charge in [-0.05, 0) is 49.3 Å². The molecule has 2 N–H and O–H groups in total. The molecule has 146 valence electrons. The molecule has 0 heterocycles. The van der Waals surface area contributed by atoms with E-state index in [2.05, 4.69) is 17.6 Å². The highest BCUT2D eigenvalue weighted by Crippen LogP contribution is 2.49. The van der Waals surface area contributed by atoms with E-state index < -0.39 is 29.9 Å². The summed E-state index contributed by atoms with van der Waals surface area (Å²) < 4.78 is 5.16. The minimum absolute atomic E-state index is 0.0775. The van der Waals surface area contributed by atoms with Crippen LogP contribution in [-0.4, -0.2) is 30.6 Å². The third kappa shape index (κ3) is 4.80. The zero-order chi connectivity index (χ0) is 19.4. The summed E-state index contributed by atoms with van der Waals surface area (Å²) in [5.41, 5.74) is 0.145. The molecule has 1 aromatic carbocycles. The van der Waals surface area contributed by atoms with Crippen LogP contribution in [0.25, 0.3) is 0 Å². The van der Waals surface area contributed by atoms with Gasteiger partial charge in [0.05, 0.1) is 5.41 Å². The Morgan fingerprint density at radius 2 is 1.81 bits per heavy atom. The summed E-state index contributed by atoms with van der Waals surface area (Å²) in [7, 11) is 0. The number of halogens is 1. The van der Waals surface area contributed by atoms with Crippen LogP contribution in [-0.2, 0) is 19.7 Å². The first-order valence-corrected chi connectivity index (χ1v) is 9.82. The molecule has 0 spiro atoms. The Morgan fingerprint density at radius 1 is 1.15 bits per heavy atom. The largest absolute Gasteiger partial charge is 0.455 e. The number of carbonyl (C=O) groups excluding carboxylic acids is 3. The number of carbonyl (C=O) groups is 3. The minimum atomic E-state index is -0.690. The van der Waals surface area contributed by atoms with Crippen LogP contribution in [0.4, 0.5) is 4.79 Å². The Morgan fingerprint density at radius 3 is 2.44 bits per heavy atom. The molecule has 2 aliphatic rings. The van der Waals surface area contributed by atoms with Gasteiger partial charge in [-0.1, -0.05) is 43.5 Å². The van der Waals surface area contributed by atoms with Crippen LogP contribution < -0.4 is 10.6 Å². The molecule has 6 nitrogen and oxygen atoms in total. The maximum atomic E-state index is 12.4. The smallest absolute Gasteiger partial charge is 0.321 e. The number of rotatable bonds is 5. The van der Waals surface area contributed by atoms with E-state index >= 15 is 0 Å². The zero-order valence-corrected chi connectivity index (χ0v) is 16.2. The fourth-order valence-corrected chi connectivity index (χ4v) is 3.80. The molecule has 0 saturated heterocycles. The average Bonchev–Trinajstić information content (AvgIpc) is 3.44. The van der Waals surface area contributed by atoms with E-state index in [9.17, 15) is 14.4 Å². The lowest BCUT2D eigenvalue weighted by Crippen LogP contribution is -2.48. The summed E-state index contributed by atoms with van der Waals surface area (Å²) >= 11 is 5.88. The molecule has 3 rings (SSSR count). The summed E-state index contributed by atoms with van der Waals surface area (Å²) in [6, 6.07) is 6.61. The molecule has 2 saturated carbocycles. The van der Waals surface area contributed by atoms with Crippen molar-refractivity contribution in [3.05, 3.63) is 34.9 Å². The van der Waals surface area contributed by atoms with Crippen LogP contribution >= 0.6 is 11.6 Å². The first-order valence-electron chi connectivity index (χ1n) is 9.44. The molecule has 0 radical (unpaired) electrons. The highest BCUT2D eigenvalue weighted by atomic mass is 35.5. The number of esters is 1. The topological polar surface area (TPSA) is 84.5 Å². The highest BCUT2D eigenvalue weighted by molar-refractivity contribution is 6.30. The molecular weight excluding hydrogens is 368 g/mol. The van der Waals surface area contributed by atoms with E-state index in [1.54, 1.807) is 24.3 Å². The van der Waals surface area contributed by atoms with Gasteiger partial charge < -0.3 is 10.1 Å². The van der Waals surface area contributed by atoms with Crippen molar-refractivity contribution in [3.8, 4) is 0 Å². The van der Waals surface area contributed by atoms with E-state index in [0.717, 1.165) is 24.8 Å². The molecule has 0 aliphatic heterocycles. The molecule has 0 bridgehead atoms. The normalized spacial score (nSPS) is 23.2. The predicted molar refractivity (Wildman–Crippen MR) is 101 cm³/mol. The summed E-state index contributed by atoms with van der Waals surface area (Å²) in [6.45, 7) is 1.63. The second kappa shape index (κ2) is 8.30. The van der Waals surface area contributed by atoms with Crippen LogP contribution in [0.15, 0.2) is 24.3 Å². The van der Waals surface area contributed by atoms with Gasteiger partial charge in [0.2, 0.25) is 0 Å². The third-order valence-corrected chi connectivity index (χ3v) is 5.80. The van der Waals surface area contributed by atoms with Crippen molar-refractivity contribution in [3.63, 3.8) is 0 Å². The number of benzene rings is 1. The second-order valence-electron chi connectivity index (χ2n) is 7.56. The first kappa shape index (κ1) is 19.7. The van der Waals surface area contributed by atoms with Crippen LogP contribution in [0.5, 0.6) is 0 Å². The fourth-order valence-electron chi connectivity index (χ4n) is 3.67. The molecule has 2 aliphatic carbocycles. The van der Waals surface area contributed by atoms with Crippen LogP contribution in [0.3, 0.4) is 0 Å². The lowest BCUT2D eigenvalue weighted by molar-refractivity contribution is -0.150. The van der Waals surface area contributed by atoms with Gasteiger partial charge >= 0.3 is 12.0 Å². The number of amides is 3. The van der Waals surface area contributed by atoms with E-state index in [0.29, 0.717) is 23.8 Å². The predicted octanol–water partition coefficient (Wildman–Crippen LogP) is 3.32. The highest BCUT2D eigenvalue weighted by Gasteiger charge is 2.52. The van der Waals surface area contributed by atoms with Gasteiger partial charge in [-0.3, -0.25) is 14.9 Å². The van der Waals surface area contributed by atoms with Crippen molar-refractivity contribution in [2.75, 3.05) is 6.61 Å². The van der Waals surface area contributed by atoms with Gasteiger partial charge in [0.15, 0.2) is 6.61 Å². The molecule has 0 unspecified atom stereocenters. The van der Waals surface area contributed by atoms with Crippen molar-refractivity contribution in [1.29, 1.82) is 0 Å². The standard InChI is InChI=1S/C20H25ClN2O4/c1-13-4-2-3-5-16(13)22-19(26)23-17(24)12-27-18(25)20(10-11-20)14-6-8-15(21)9-7-14/h6-9,13,16H,2-5,10-12H2,1H3,(H2,22,23,24,26)/t13-,16+/m1/s1. The summed E-state index contributed by atoms with van der Waals surface area (Å²) in [4.78, 5) is 36.3. The molecule has 1 aromatic rings. The van der Waals surface area contributed by atoms with Gasteiger partial charge in [-0.2, -0.15) is 0 Å². The summed E-state index contributed by atoms with van der Waals surface area (Å²) in [6.07, 6.45) is 5.59. The molecule has 3 amide bonds. The lowest BCUT2D eigenvalue weighted by atomic mass is 9.86. The van der Waals surface area contributed by atoms with E-state index in [1.807, 2.05) is 0 Å². The van der Waals surface area contributed by atoms with Gasteiger partial charge in [0.25, 0.3) is 5.91 Å². The van der Waals surface area contributed by atoms with Gasteiger partial charge in [0.1, 0.15) is 0 Å². The van der Waals surface area contributed by atoms with Crippen LogP contribution in [0.1, 0.15) is 51.0 Å². The average molecular weight is 393 g/mol. The van der Waals surface area contributed by atoms with Crippen LogP contribution in [0, 0.1) is 5.92 Å². The molecule has 7 heteroatoms. The Labute approximate surface area is 164 Å². The monoisotopic (exact) mass is 392 g/mol. The van der Waals surface area contributed by atoms with E-state index in [4.69, 9.17) is 16.3 Å². The van der Waals surface area contributed by atoms with Crippen molar-refractivity contribution in [2.24, 2.45) is 5.92 Å². The molecule has 0 aromatic heterocycles. The Hall–Kier alpha value is -2.08. The molecular formula is C20H25ClN2O4. The van der Waals surface area contributed by atoms with Crippen LogP contribution in [0.2, 0.25) is 5.02 Å². The maximum Gasteiger partial charge on any atom is 0.321 e. The zero-order valence-electron chi connectivity index (χ0n) is 15.4. The Kier molecular flexibility index (Phi) is 6.05. The Balaban J connectivity index is 1.45. The Bertz CT molecular complexity index is 715. The van der Waals surface area contributed by atoms with Gasteiger partial charge in [-0.25, -0.2) is 4.79 Å². The minimum Gasteiger partial charge on any atom is -0.455 e. The van der Waals surface area contributed by atoms with Crippen molar-refractivity contribution < 1.29 is 19.1 Å². The maximum absolute atomic E-state index is 12.4. The van der Waals surface area contributed by atoms with Gasteiger partial charge in [0, 0.05) is 11.1 Å². The number of hydrogen-bond donors (Lipinski definition) is 2.